The van der Waals surface area contributed by atoms with Crippen LogP contribution >= 0.6 is 0 Å². The summed E-state index contributed by atoms with van der Waals surface area (Å²) in [5.74, 6) is 0.753. The van der Waals surface area contributed by atoms with E-state index in [1.807, 2.05) is 18.2 Å². The van der Waals surface area contributed by atoms with E-state index in [0.717, 1.165) is 22.4 Å². The molecule has 0 aliphatic carbocycles. The highest BCUT2D eigenvalue weighted by atomic mass is 32.2. The lowest BCUT2D eigenvalue weighted by Crippen LogP contribution is -2.18. The molecule has 4 nitrogen and oxygen atoms in total. The highest BCUT2D eigenvalue weighted by molar-refractivity contribution is 7.90. The summed E-state index contributed by atoms with van der Waals surface area (Å²) in [7, 11) is -1.58. The van der Waals surface area contributed by atoms with E-state index in [9.17, 15) is 8.42 Å². The van der Waals surface area contributed by atoms with Crippen molar-refractivity contribution >= 4 is 20.6 Å². The SMILES string of the molecule is COc1ccc(CNC(C)c2cccc3ccccc23)cc1-c1ccc(S(C)(=O)=O)cc1. The second-order valence-electron chi connectivity index (χ2n) is 8.00. The molecule has 0 bridgehead atoms. The quantitative estimate of drug-likeness (QED) is 0.392. The Labute approximate surface area is 189 Å². The van der Waals surface area contributed by atoms with Crippen molar-refractivity contribution in [1.82, 2.24) is 5.32 Å². The molecule has 0 radical (unpaired) electrons. The van der Waals surface area contributed by atoms with Crippen LogP contribution in [0.5, 0.6) is 5.75 Å². The van der Waals surface area contributed by atoms with E-state index in [2.05, 4.69) is 66.8 Å². The van der Waals surface area contributed by atoms with Crippen molar-refractivity contribution in [3.8, 4) is 16.9 Å². The number of benzene rings is 4. The van der Waals surface area contributed by atoms with Gasteiger partial charge in [0.2, 0.25) is 0 Å². The summed E-state index contributed by atoms with van der Waals surface area (Å²) < 4.78 is 29.1. The fourth-order valence-electron chi connectivity index (χ4n) is 3.98. The van der Waals surface area contributed by atoms with Crippen LogP contribution in [0.25, 0.3) is 21.9 Å². The van der Waals surface area contributed by atoms with E-state index >= 15 is 0 Å². The molecule has 1 unspecified atom stereocenters. The van der Waals surface area contributed by atoms with Crippen LogP contribution in [0.2, 0.25) is 0 Å². The summed E-state index contributed by atoms with van der Waals surface area (Å²) in [6.07, 6.45) is 1.21. The first-order chi connectivity index (χ1) is 15.4. The zero-order valence-corrected chi connectivity index (χ0v) is 19.3. The maximum atomic E-state index is 11.8. The summed E-state index contributed by atoms with van der Waals surface area (Å²) in [5, 5.41) is 6.13. The molecule has 4 aromatic carbocycles. The molecule has 164 valence electrons. The lowest BCUT2D eigenvalue weighted by Gasteiger charge is -2.18. The van der Waals surface area contributed by atoms with Crippen molar-refractivity contribution in [2.24, 2.45) is 0 Å². The van der Waals surface area contributed by atoms with Crippen molar-refractivity contribution in [2.45, 2.75) is 24.4 Å². The van der Waals surface area contributed by atoms with Gasteiger partial charge >= 0.3 is 0 Å². The van der Waals surface area contributed by atoms with Crippen LogP contribution in [0, 0.1) is 0 Å². The minimum atomic E-state index is -3.23. The Balaban J connectivity index is 1.57. The third-order valence-electron chi connectivity index (χ3n) is 5.76. The molecule has 5 heteroatoms. The zero-order chi connectivity index (χ0) is 22.7. The van der Waals surface area contributed by atoms with Crippen molar-refractivity contribution in [1.29, 1.82) is 0 Å². The van der Waals surface area contributed by atoms with Gasteiger partial charge in [0, 0.05) is 24.4 Å². The molecule has 0 aliphatic heterocycles. The maximum Gasteiger partial charge on any atom is 0.175 e. The van der Waals surface area contributed by atoms with Crippen molar-refractivity contribution in [2.75, 3.05) is 13.4 Å². The molecule has 0 spiro atoms. The second-order valence-corrected chi connectivity index (χ2v) is 10.0. The predicted octanol–water partition coefficient (Wildman–Crippen LogP) is 5.77. The summed E-state index contributed by atoms with van der Waals surface area (Å²) in [5.41, 5.74) is 4.25. The number of fused-ring (bicyclic) bond motifs is 1. The van der Waals surface area contributed by atoms with Crippen LogP contribution in [0.1, 0.15) is 24.1 Å². The molecule has 4 aromatic rings. The van der Waals surface area contributed by atoms with Gasteiger partial charge in [-0.15, -0.1) is 0 Å². The zero-order valence-electron chi connectivity index (χ0n) is 18.5. The van der Waals surface area contributed by atoms with Gasteiger partial charge in [-0.05, 0) is 58.7 Å². The van der Waals surface area contributed by atoms with Gasteiger partial charge in [0.25, 0.3) is 0 Å². The number of hydrogen-bond donors (Lipinski definition) is 1. The van der Waals surface area contributed by atoms with E-state index in [-0.39, 0.29) is 6.04 Å². The van der Waals surface area contributed by atoms with E-state index in [4.69, 9.17) is 4.74 Å². The van der Waals surface area contributed by atoms with Gasteiger partial charge in [0.15, 0.2) is 9.84 Å². The summed E-state index contributed by atoms with van der Waals surface area (Å²) in [6.45, 7) is 2.87. The minimum absolute atomic E-state index is 0.181. The van der Waals surface area contributed by atoms with Gasteiger partial charge in [0.1, 0.15) is 5.75 Å². The first-order valence-electron chi connectivity index (χ1n) is 10.6. The normalized spacial score (nSPS) is 12.6. The Morgan fingerprint density at radius 3 is 2.34 bits per heavy atom. The monoisotopic (exact) mass is 445 g/mol. The second kappa shape index (κ2) is 9.15. The molecule has 1 N–H and O–H groups in total. The molecule has 0 saturated heterocycles. The molecule has 0 fully saturated rings. The molecule has 0 amide bonds. The number of methoxy groups -OCH3 is 1. The smallest absolute Gasteiger partial charge is 0.175 e. The molecular weight excluding hydrogens is 418 g/mol. The van der Waals surface area contributed by atoms with Crippen molar-refractivity contribution in [3.05, 3.63) is 96.1 Å². The van der Waals surface area contributed by atoms with Gasteiger partial charge in [-0.1, -0.05) is 60.7 Å². The van der Waals surface area contributed by atoms with Crippen molar-refractivity contribution in [3.63, 3.8) is 0 Å². The average Bonchev–Trinajstić information content (AvgIpc) is 2.81. The third kappa shape index (κ3) is 4.69. The van der Waals surface area contributed by atoms with E-state index in [1.54, 1.807) is 19.2 Å². The first-order valence-corrected chi connectivity index (χ1v) is 12.4. The molecule has 4 rings (SSSR count). The van der Waals surface area contributed by atoms with Gasteiger partial charge in [-0.25, -0.2) is 8.42 Å². The highest BCUT2D eigenvalue weighted by Crippen LogP contribution is 2.32. The summed E-state index contributed by atoms with van der Waals surface area (Å²) in [6, 6.07) is 28.0. The Morgan fingerprint density at radius 2 is 1.62 bits per heavy atom. The van der Waals surface area contributed by atoms with Crippen LogP contribution in [0.3, 0.4) is 0 Å². The number of hydrogen-bond acceptors (Lipinski definition) is 4. The minimum Gasteiger partial charge on any atom is -0.496 e. The van der Waals surface area contributed by atoms with Crippen LogP contribution in [0.4, 0.5) is 0 Å². The number of nitrogens with one attached hydrogen (secondary N) is 1. The molecule has 0 aliphatic rings. The fourth-order valence-corrected chi connectivity index (χ4v) is 4.61. The lowest BCUT2D eigenvalue weighted by atomic mass is 9.99. The summed E-state index contributed by atoms with van der Waals surface area (Å²) in [4.78, 5) is 0.307. The number of sulfone groups is 1. The number of rotatable bonds is 7. The summed E-state index contributed by atoms with van der Waals surface area (Å²) >= 11 is 0. The third-order valence-corrected chi connectivity index (χ3v) is 6.89. The number of ether oxygens (including phenoxy) is 1. The van der Waals surface area contributed by atoms with E-state index in [0.29, 0.717) is 11.4 Å². The Bertz CT molecular complexity index is 1340. The van der Waals surface area contributed by atoms with Crippen LogP contribution in [-0.2, 0) is 16.4 Å². The predicted molar refractivity (Wildman–Crippen MR) is 131 cm³/mol. The lowest BCUT2D eigenvalue weighted by molar-refractivity contribution is 0.416. The Morgan fingerprint density at radius 1 is 0.906 bits per heavy atom. The van der Waals surface area contributed by atoms with Gasteiger partial charge in [0.05, 0.1) is 12.0 Å². The molecule has 0 saturated carbocycles. The van der Waals surface area contributed by atoms with Gasteiger partial charge < -0.3 is 10.1 Å². The molecule has 0 aromatic heterocycles. The molecule has 1 atom stereocenters. The van der Waals surface area contributed by atoms with Gasteiger partial charge in [-0.2, -0.15) is 0 Å². The van der Waals surface area contributed by atoms with Crippen molar-refractivity contribution < 1.29 is 13.2 Å². The average molecular weight is 446 g/mol. The van der Waals surface area contributed by atoms with Crippen LogP contribution < -0.4 is 10.1 Å². The molecule has 0 heterocycles. The van der Waals surface area contributed by atoms with Crippen LogP contribution in [-0.4, -0.2) is 21.8 Å². The van der Waals surface area contributed by atoms with E-state index < -0.39 is 9.84 Å². The Hall–Kier alpha value is -3.15. The van der Waals surface area contributed by atoms with Crippen LogP contribution in [0.15, 0.2) is 89.8 Å². The fraction of sp³-hybridized carbons (Fsp3) is 0.185. The highest BCUT2D eigenvalue weighted by Gasteiger charge is 2.12. The van der Waals surface area contributed by atoms with Gasteiger partial charge in [-0.3, -0.25) is 0 Å². The van der Waals surface area contributed by atoms with E-state index in [1.165, 1.54) is 22.6 Å². The molecular formula is C27H27NO3S. The Kier molecular flexibility index (Phi) is 6.31. The largest absolute Gasteiger partial charge is 0.496 e. The standard InChI is InChI=1S/C27H27NO3S/c1-19(24-10-6-8-21-7-4-5-9-25(21)24)28-18-20-11-16-27(31-2)26(17-20)22-12-14-23(15-13-22)32(3,29)30/h4-17,19,28H,18H2,1-3H3. The topological polar surface area (TPSA) is 55.4 Å². The molecule has 32 heavy (non-hydrogen) atoms. The first kappa shape index (κ1) is 22.1. The maximum absolute atomic E-state index is 11.8.